The lowest BCUT2D eigenvalue weighted by molar-refractivity contribution is -0.201. The number of nitrogens with two attached hydrogens (primary N) is 1. The van der Waals surface area contributed by atoms with Crippen LogP contribution in [0.3, 0.4) is 0 Å². The van der Waals surface area contributed by atoms with Crippen LogP contribution in [0.1, 0.15) is 65.0 Å². The number of amides is 2. The molecule has 2 aliphatic heterocycles. The van der Waals surface area contributed by atoms with E-state index in [1.165, 1.54) is 11.0 Å². The molecule has 4 atom stereocenters. The van der Waals surface area contributed by atoms with Crippen molar-refractivity contribution in [2.24, 2.45) is 28.0 Å². The number of benzene rings is 1. The minimum absolute atomic E-state index is 0.116. The Labute approximate surface area is 238 Å². The van der Waals surface area contributed by atoms with Gasteiger partial charge < -0.3 is 20.9 Å². The van der Waals surface area contributed by atoms with Crippen LogP contribution in [0.5, 0.6) is 5.75 Å². The van der Waals surface area contributed by atoms with E-state index in [0.717, 1.165) is 0 Å². The number of carbonyl (C=O) groups is 3. The van der Waals surface area contributed by atoms with E-state index in [1.807, 2.05) is 27.7 Å². The van der Waals surface area contributed by atoms with Crippen molar-refractivity contribution in [3.63, 3.8) is 0 Å². The molecule has 2 heterocycles. The molecule has 1 aromatic carbocycles. The van der Waals surface area contributed by atoms with Gasteiger partial charge in [0, 0.05) is 24.4 Å². The van der Waals surface area contributed by atoms with Crippen LogP contribution >= 0.6 is 0 Å². The maximum absolute atomic E-state index is 13.4. The van der Waals surface area contributed by atoms with Crippen molar-refractivity contribution in [1.29, 1.82) is 0 Å². The van der Waals surface area contributed by atoms with Gasteiger partial charge >= 0.3 is 18.3 Å². The van der Waals surface area contributed by atoms with Gasteiger partial charge in [0.05, 0.1) is 18.0 Å². The molecule has 1 aromatic rings. The highest BCUT2D eigenvalue weighted by atomic mass is 19.4. The molecule has 0 aromatic heterocycles. The van der Waals surface area contributed by atoms with Gasteiger partial charge in [-0.05, 0) is 30.2 Å². The van der Waals surface area contributed by atoms with Crippen LogP contribution < -0.4 is 15.8 Å². The predicted molar refractivity (Wildman–Crippen MR) is 138 cm³/mol. The Morgan fingerprint density at radius 2 is 1.71 bits per heavy atom. The van der Waals surface area contributed by atoms with E-state index < -0.39 is 53.8 Å². The molecule has 2 amide bonds. The third-order valence-corrected chi connectivity index (χ3v) is 8.38. The number of carboxylic acid groups (broad SMARTS) is 1. The summed E-state index contributed by atoms with van der Waals surface area (Å²) < 4.78 is 77.2. The van der Waals surface area contributed by atoms with Crippen molar-refractivity contribution in [1.82, 2.24) is 10.2 Å². The predicted octanol–water partition coefficient (Wildman–Crippen LogP) is 4.57. The van der Waals surface area contributed by atoms with Gasteiger partial charge in [0.1, 0.15) is 5.75 Å². The normalized spacial score (nSPS) is 26.1. The van der Waals surface area contributed by atoms with Crippen molar-refractivity contribution in [2.75, 3.05) is 6.54 Å². The molecule has 4 rings (SSSR count). The van der Waals surface area contributed by atoms with Gasteiger partial charge in [-0.15, -0.1) is 0 Å². The number of hydrogen-bond acceptors (Lipinski definition) is 6. The Kier molecular flexibility index (Phi) is 9.14. The highest BCUT2D eigenvalue weighted by Gasteiger charge is 2.63. The van der Waals surface area contributed by atoms with E-state index in [1.54, 1.807) is 18.2 Å². The van der Waals surface area contributed by atoms with Crippen LogP contribution in [0.2, 0.25) is 0 Å². The molecule has 234 valence electrons. The summed E-state index contributed by atoms with van der Waals surface area (Å²) in [6.45, 7) is 8.04. The van der Waals surface area contributed by atoms with Gasteiger partial charge in [0.15, 0.2) is 12.1 Å². The summed E-state index contributed by atoms with van der Waals surface area (Å²) in [5, 5.41) is 9.96. The zero-order valence-electron chi connectivity index (χ0n) is 23.5. The molecule has 15 heteroatoms. The first-order valence-corrected chi connectivity index (χ1v) is 13.4. The van der Waals surface area contributed by atoms with Crippen molar-refractivity contribution in [3.05, 3.63) is 29.8 Å². The van der Waals surface area contributed by atoms with Crippen LogP contribution in [0.25, 0.3) is 0 Å². The number of fused-ring (bicyclic) bond motifs is 1. The molecule has 1 fully saturated rings. The third-order valence-electron chi connectivity index (χ3n) is 8.38. The van der Waals surface area contributed by atoms with E-state index >= 15 is 0 Å². The average molecular weight is 609 g/mol. The van der Waals surface area contributed by atoms with Gasteiger partial charge in [-0.2, -0.15) is 26.3 Å². The largest absolute Gasteiger partial charge is 0.490 e. The second kappa shape index (κ2) is 11.6. The molecule has 9 nitrogen and oxygen atoms in total. The Bertz CT molecular complexity index is 1230. The lowest BCUT2D eigenvalue weighted by Crippen LogP contribution is -2.52. The fourth-order valence-electron chi connectivity index (χ4n) is 5.52. The summed E-state index contributed by atoms with van der Waals surface area (Å²) in [7, 11) is 0. The molecule has 4 N–H and O–H groups in total. The monoisotopic (exact) mass is 608 g/mol. The number of aliphatic carboxylic acids is 1. The fourth-order valence-corrected chi connectivity index (χ4v) is 5.52. The van der Waals surface area contributed by atoms with Crippen molar-refractivity contribution < 1.29 is 50.6 Å². The molecule has 0 spiro atoms. The topological polar surface area (TPSA) is 134 Å². The van der Waals surface area contributed by atoms with E-state index in [-0.39, 0.29) is 42.4 Å². The molecular formula is C27H34F6N4O5. The number of alkyl halides is 6. The number of carbonyl (C=O) groups excluding carboxylic acids is 2. The van der Waals surface area contributed by atoms with E-state index in [9.17, 15) is 35.9 Å². The second-order valence-corrected chi connectivity index (χ2v) is 11.3. The van der Waals surface area contributed by atoms with Crippen molar-refractivity contribution >= 4 is 23.7 Å². The fraction of sp³-hybridized carbons (Fsp3) is 0.630. The minimum Gasteiger partial charge on any atom is -0.480 e. The molecule has 0 bridgehead atoms. The first kappa shape index (κ1) is 33.0. The summed E-state index contributed by atoms with van der Waals surface area (Å²) in [5.41, 5.74) is 5.77. The van der Waals surface area contributed by atoms with Gasteiger partial charge in [-0.1, -0.05) is 45.9 Å². The molecule has 42 heavy (non-hydrogen) atoms. The quantitative estimate of drug-likeness (QED) is 0.405. The highest BCUT2D eigenvalue weighted by molar-refractivity contribution is 5.99. The number of nitrogens with zero attached hydrogens (tertiary/aromatic N) is 2. The van der Waals surface area contributed by atoms with Crippen LogP contribution in [-0.4, -0.2) is 64.3 Å². The van der Waals surface area contributed by atoms with Crippen molar-refractivity contribution in [3.8, 4) is 5.75 Å². The van der Waals surface area contributed by atoms with E-state index in [2.05, 4.69) is 10.3 Å². The molecule has 0 radical (unpaired) electrons. The Morgan fingerprint density at radius 1 is 1.14 bits per heavy atom. The number of hydrogen-bond donors (Lipinski definition) is 3. The van der Waals surface area contributed by atoms with Gasteiger partial charge in [0.2, 0.25) is 11.8 Å². The summed E-state index contributed by atoms with van der Waals surface area (Å²) in [4.78, 5) is 41.1. The number of halogens is 6. The van der Waals surface area contributed by atoms with Crippen LogP contribution in [0.15, 0.2) is 29.3 Å². The SMILES string of the molecule is CCC1(CC)CC(=O)N(CC2C(C(=O)N[C@H]3C[C@H](C(F)(F)F)Oc4ccccc43)C2(C)C)C(N)=N1.O=C(O)C(F)(F)F. The third kappa shape index (κ3) is 6.92. The van der Waals surface area contributed by atoms with Gasteiger partial charge in [-0.25, -0.2) is 9.79 Å². The molecule has 0 saturated heterocycles. The smallest absolute Gasteiger partial charge is 0.480 e. The summed E-state index contributed by atoms with van der Waals surface area (Å²) >= 11 is 0. The lowest BCUT2D eigenvalue weighted by atomic mass is 9.88. The highest BCUT2D eigenvalue weighted by Crippen LogP contribution is 2.59. The number of ether oxygens (including phenoxy) is 1. The second-order valence-electron chi connectivity index (χ2n) is 11.3. The maximum atomic E-state index is 13.4. The number of guanidine groups is 1. The first-order chi connectivity index (χ1) is 19.3. The zero-order valence-corrected chi connectivity index (χ0v) is 23.5. The molecule has 1 saturated carbocycles. The number of para-hydroxylation sites is 1. The number of nitrogens with one attached hydrogen (secondary N) is 1. The maximum Gasteiger partial charge on any atom is 0.490 e. The van der Waals surface area contributed by atoms with E-state index in [4.69, 9.17) is 20.4 Å². The van der Waals surface area contributed by atoms with Crippen LogP contribution in [-0.2, 0) is 14.4 Å². The van der Waals surface area contributed by atoms with E-state index in [0.29, 0.717) is 18.4 Å². The average Bonchev–Trinajstić information content (AvgIpc) is 3.44. The molecule has 1 aliphatic carbocycles. The molecule has 3 aliphatic rings. The number of carboxylic acids is 1. The standard InChI is InChI=1S/C25H33F3N4O3.C2HF3O2/c1-5-24(6-2)12-19(33)32(22(29)31-24)13-15-20(23(15,3)4)21(34)30-16-11-18(25(26,27)28)35-17-10-8-7-9-14(16)17;3-2(4,5)1(6)7/h7-10,15-16,18,20H,5-6,11-13H2,1-4H3,(H2,29,31)(H,30,34);(H,6,7)/t15?,16-,18+,20?;/m0./s1. The lowest BCUT2D eigenvalue weighted by Gasteiger charge is -2.36. The van der Waals surface area contributed by atoms with Gasteiger partial charge in [-0.3, -0.25) is 14.5 Å². The molecule has 2 unspecified atom stereocenters. The van der Waals surface area contributed by atoms with Crippen LogP contribution in [0.4, 0.5) is 26.3 Å². The molecular weight excluding hydrogens is 574 g/mol. The summed E-state index contributed by atoms with van der Waals surface area (Å²) in [5.74, 6) is -3.58. The summed E-state index contributed by atoms with van der Waals surface area (Å²) in [6.07, 6.45) is -10.3. The van der Waals surface area contributed by atoms with Crippen LogP contribution in [0, 0.1) is 17.3 Å². The van der Waals surface area contributed by atoms with Crippen molar-refractivity contribution in [2.45, 2.75) is 83.4 Å². The summed E-state index contributed by atoms with van der Waals surface area (Å²) in [6, 6.07) is 5.63. The Morgan fingerprint density at radius 3 is 2.21 bits per heavy atom. The first-order valence-electron chi connectivity index (χ1n) is 13.4. The van der Waals surface area contributed by atoms with Gasteiger partial charge in [0.25, 0.3) is 0 Å². The number of rotatable bonds is 6. The zero-order chi connectivity index (χ0) is 31.8. The Hall–Kier alpha value is -3.52. The Balaban J connectivity index is 0.000000616. The number of aliphatic imine (C=N–C) groups is 1. The minimum atomic E-state index is -5.08.